The topological polar surface area (TPSA) is 73.0 Å². The predicted molar refractivity (Wildman–Crippen MR) is 148 cm³/mol. The number of rotatable bonds is 5. The molecule has 5 aromatic rings. The quantitative estimate of drug-likeness (QED) is 0.355. The van der Waals surface area contributed by atoms with E-state index in [1.807, 2.05) is 21.8 Å². The SMILES string of the molecule is Cc1cc2c(cnn2-c2ccc(=O)n(C)c2)cc1C1(Cc2ccccc2)CCN(C(=O)c2ccncc2)C1. The standard InChI is InChI=1S/C31H29N5O2/c1-22-16-28-25(19-33-36(28)26-8-9-29(37)34(2)20-26)17-27(22)31(18-23-6-4-3-5-7-23)12-15-35(21-31)30(38)24-10-13-32-14-11-24/h3-11,13-14,16-17,19-20H,12,15,18,21H2,1-2H3. The summed E-state index contributed by atoms with van der Waals surface area (Å²) in [6, 6.07) is 21.9. The average molecular weight is 504 g/mol. The number of amides is 1. The predicted octanol–water partition coefficient (Wildman–Crippen LogP) is 4.45. The van der Waals surface area contributed by atoms with Crippen molar-refractivity contribution < 1.29 is 4.79 Å². The molecule has 190 valence electrons. The van der Waals surface area contributed by atoms with Gasteiger partial charge in [0.25, 0.3) is 5.91 Å². The number of nitrogens with zero attached hydrogens (tertiary/aromatic N) is 5. The van der Waals surface area contributed by atoms with Gasteiger partial charge in [-0.2, -0.15) is 5.10 Å². The van der Waals surface area contributed by atoms with Crippen molar-refractivity contribution in [3.8, 4) is 5.69 Å². The van der Waals surface area contributed by atoms with Gasteiger partial charge in [0, 0.05) is 61.2 Å². The first-order valence-electron chi connectivity index (χ1n) is 12.8. The summed E-state index contributed by atoms with van der Waals surface area (Å²) < 4.78 is 3.44. The van der Waals surface area contributed by atoms with E-state index in [-0.39, 0.29) is 16.9 Å². The summed E-state index contributed by atoms with van der Waals surface area (Å²) in [4.78, 5) is 31.3. The first-order valence-corrected chi connectivity index (χ1v) is 12.8. The van der Waals surface area contributed by atoms with Crippen molar-refractivity contribution in [2.75, 3.05) is 13.1 Å². The Balaban J connectivity index is 1.42. The molecule has 1 amide bonds. The Kier molecular flexibility index (Phi) is 5.91. The maximum atomic E-state index is 13.4. The maximum Gasteiger partial charge on any atom is 0.253 e. The molecule has 7 nitrogen and oxygen atoms in total. The molecule has 0 saturated carbocycles. The molecule has 1 unspecified atom stereocenters. The molecule has 0 bridgehead atoms. The molecule has 1 aliphatic rings. The number of hydrogen-bond acceptors (Lipinski definition) is 4. The lowest BCUT2D eigenvalue weighted by atomic mass is 9.73. The number of pyridine rings is 2. The number of aryl methyl sites for hydroxylation is 2. The summed E-state index contributed by atoms with van der Waals surface area (Å²) >= 11 is 0. The lowest BCUT2D eigenvalue weighted by Crippen LogP contribution is -2.36. The molecule has 38 heavy (non-hydrogen) atoms. The highest BCUT2D eigenvalue weighted by molar-refractivity contribution is 5.94. The van der Waals surface area contributed by atoms with E-state index in [1.54, 1.807) is 54.5 Å². The molecule has 0 radical (unpaired) electrons. The van der Waals surface area contributed by atoms with Crippen LogP contribution in [0.4, 0.5) is 0 Å². The molecule has 1 aliphatic heterocycles. The zero-order valence-corrected chi connectivity index (χ0v) is 21.5. The second-order valence-corrected chi connectivity index (χ2v) is 10.3. The van der Waals surface area contributed by atoms with Gasteiger partial charge in [-0.05, 0) is 66.8 Å². The zero-order chi connectivity index (χ0) is 26.3. The minimum atomic E-state index is -0.221. The van der Waals surface area contributed by atoms with Gasteiger partial charge in [-0.25, -0.2) is 4.68 Å². The summed E-state index contributed by atoms with van der Waals surface area (Å²) in [5, 5.41) is 5.70. The molecule has 1 atom stereocenters. The van der Waals surface area contributed by atoms with Crippen LogP contribution < -0.4 is 5.56 Å². The second kappa shape index (κ2) is 9.41. The van der Waals surface area contributed by atoms with Crippen LogP contribution >= 0.6 is 0 Å². The molecule has 6 rings (SSSR count). The molecule has 1 fully saturated rings. The first kappa shape index (κ1) is 23.9. The normalized spacial score (nSPS) is 17.3. The van der Waals surface area contributed by atoms with Crippen molar-refractivity contribution in [3.05, 3.63) is 124 Å². The van der Waals surface area contributed by atoms with Gasteiger partial charge in [-0.1, -0.05) is 30.3 Å². The number of carbonyl (C=O) groups is 1. The molecular formula is C31H29N5O2. The van der Waals surface area contributed by atoms with Crippen molar-refractivity contribution in [1.82, 2.24) is 24.2 Å². The summed E-state index contributed by atoms with van der Waals surface area (Å²) in [5.41, 5.74) is 5.88. The smallest absolute Gasteiger partial charge is 0.253 e. The number of aromatic nitrogens is 4. The summed E-state index contributed by atoms with van der Waals surface area (Å²) in [7, 11) is 1.74. The van der Waals surface area contributed by atoms with Gasteiger partial charge in [-0.3, -0.25) is 14.6 Å². The highest BCUT2D eigenvalue weighted by Crippen LogP contribution is 2.41. The van der Waals surface area contributed by atoms with Crippen molar-refractivity contribution in [1.29, 1.82) is 0 Å². The van der Waals surface area contributed by atoms with Crippen LogP contribution in [0.5, 0.6) is 0 Å². The number of carbonyl (C=O) groups excluding carboxylic acids is 1. The molecule has 0 aliphatic carbocycles. The van der Waals surface area contributed by atoms with E-state index in [2.05, 4.69) is 53.4 Å². The number of hydrogen-bond donors (Lipinski definition) is 0. The summed E-state index contributed by atoms with van der Waals surface area (Å²) in [6.07, 6.45) is 8.74. The largest absolute Gasteiger partial charge is 0.338 e. The molecule has 7 heteroatoms. The van der Waals surface area contributed by atoms with Crippen molar-refractivity contribution in [3.63, 3.8) is 0 Å². The van der Waals surface area contributed by atoms with Crippen molar-refractivity contribution in [2.24, 2.45) is 7.05 Å². The molecule has 3 aromatic heterocycles. The van der Waals surface area contributed by atoms with Crippen LogP contribution in [-0.2, 0) is 18.9 Å². The van der Waals surface area contributed by atoms with Gasteiger partial charge in [0.2, 0.25) is 5.56 Å². The van der Waals surface area contributed by atoms with Crippen LogP contribution in [0.2, 0.25) is 0 Å². The Morgan fingerprint density at radius 3 is 2.58 bits per heavy atom. The number of benzene rings is 2. The molecule has 1 saturated heterocycles. The second-order valence-electron chi connectivity index (χ2n) is 10.3. The third-order valence-electron chi connectivity index (χ3n) is 7.75. The highest BCUT2D eigenvalue weighted by atomic mass is 16.2. The summed E-state index contributed by atoms with van der Waals surface area (Å²) in [6.45, 7) is 3.49. The lowest BCUT2D eigenvalue weighted by molar-refractivity contribution is 0.0783. The number of fused-ring (bicyclic) bond motifs is 1. The Bertz CT molecular complexity index is 1690. The Morgan fingerprint density at radius 2 is 1.82 bits per heavy atom. The van der Waals surface area contributed by atoms with Crippen molar-refractivity contribution >= 4 is 16.8 Å². The van der Waals surface area contributed by atoms with E-state index in [4.69, 9.17) is 0 Å². The fourth-order valence-electron chi connectivity index (χ4n) is 5.83. The molecule has 2 aromatic carbocycles. The zero-order valence-electron chi connectivity index (χ0n) is 21.5. The Morgan fingerprint density at radius 1 is 1.03 bits per heavy atom. The monoisotopic (exact) mass is 503 g/mol. The van der Waals surface area contributed by atoms with E-state index < -0.39 is 0 Å². The van der Waals surface area contributed by atoms with Gasteiger partial charge in [0.15, 0.2) is 0 Å². The third kappa shape index (κ3) is 4.20. The van der Waals surface area contributed by atoms with Gasteiger partial charge in [0.05, 0.1) is 17.4 Å². The van der Waals surface area contributed by atoms with Crippen molar-refractivity contribution in [2.45, 2.75) is 25.2 Å². The minimum absolute atomic E-state index is 0.0450. The lowest BCUT2D eigenvalue weighted by Gasteiger charge is -2.32. The van der Waals surface area contributed by atoms with E-state index in [0.29, 0.717) is 18.7 Å². The van der Waals surface area contributed by atoms with Crippen LogP contribution in [0, 0.1) is 6.92 Å². The molecule has 4 heterocycles. The van der Waals surface area contributed by atoms with Crippen LogP contribution in [0.1, 0.15) is 33.5 Å². The minimum Gasteiger partial charge on any atom is -0.338 e. The van der Waals surface area contributed by atoms with Gasteiger partial charge < -0.3 is 9.47 Å². The fourth-order valence-corrected chi connectivity index (χ4v) is 5.83. The van der Waals surface area contributed by atoms with E-state index in [1.165, 1.54) is 16.7 Å². The maximum absolute atomic E-state index is 13.4. The van der Waals surface area contributed by atoms with Crippen LogP contribution in [0.15, 0.2) is 96.3 Å². The summed E-state index contributed by atoms with van der Waals surface area (Å²) in [5.74, 6) is 0.0450. The average Bonchev–Trinajstić information content (AvgIpc) is 3.55. The van der Waals surface area contributed by atoms with E-state index in [9.17, 15) is 9.59 Å². The van der Waals surface area contributed by atoms with Gasteiger partial charge in [-0.15, -0.1) is 0 Å². The van der Waals surface area contributed by atoms with Gasteiger partial charge >= 0.3 is 0 Å². The molecule has 0 spiro atoms. The fraction of sp³-hybridized carbons (Fsp3) is 0.226. The first-order chi connectivity index (χ1) is 18.4. The highest BCUT2D eigenvalue weighted by Gasteiger charge is 2.42. The van der Waals surface area contributed by atoms with Crippen LogP contribution in [0.25, 0.3) is 16.6 Å². The Hall–Kier alpha value is -4.52. The third-order valence-corrected chi connectivity index (χ3v) is 7.75. The van der Waals surface area contributed by atoms with Gasteiger partial charge in [0.1, 0.15) is 0 Å². The Labute approximate surface area is 221 Å². The van der Waals surface area contributed by atoms with Crippen LogP contribution in [-0.4, -0.2) is 43.2 Å². The van der Waals surface area contributed by atoms with Crippen LogP contribution in [0.3, 0.4) is 0 Å². The molecule has 0 N–H and O–H groups in total. The molecular weight excluding hydrogens is 474 g/mol. The number of likely N-dealkylation sites (tertiary alicyclic amines) is 1. The van der Waals surface area contributed by atoms with E-state index >= 15 is 0 Å². The van der Waals surface area contributed by atoms with E-state index in [0.717, 1.165) is 29.4 Å².